The molecule has 0 spiro atoms. The lowest BCUT2D eigenvalue weighted by Gasteiger charge is -2.35. The molecule has 2 heterocycles. The predicted octanol–water partition coefficient (Wildman–Crippen LogP) is 5.49. The maximum absolute atomic E-state index is 12.0. The van der Waals surface area contributed by atoms with Gasteiger partial charge in [-0.3, -0.25) is 14.2 Å². The van der Waals surface area contributed by atoms with Crippen LogP contribution in [-0.4, -0.2) is 54.9 Å². The Kier molecular flexibility index (Phi) is 13.4. The molecule has 4 nitrogen and oxygen atoms in total. The fourth-order valence-corrected chi connectivity index (χ4v) is 4.44. The topological polar surface area (TPSA) is 29.5 Å². The summed E-state index contributed by atoms with van der Waals surface area (Å²) in [4.78, 5) is 14.0. The average Bonchev–Trinajstić information content (AvgIpc) is 3.26. The second-order valence-electron chi connectivity index (χ2n) is 8.62. The zero-order valence-corrected chi connectivity index (χ0v) is 18.6. The van der Waals surface area contributed by atoms with E-state index in [-0.39, 0.29) is 12.4 Å². The van der Waals surface area contributed by atoms with Crippen molar-refractivity contribution in [3.63, 3.8) is 0 Å². The second kappa shape index (κ2) is 14.6. The molecule has 2 aliphatic rings. The van der Waals surface area contributed by atoms with E-state index in [9.17, 15) is 4.79 Å². The van der Waals surface area contributed by atoms with Gasteiger partial charge in [0.1, 0.15) is 13.2 Å². The van der Waals surface area contributed by atoms with E-state index >= 15 is 0 Å². The van der Waals surface area contributed by atoms with Gasteiger partial charge >= 0.3 is 0 Å². The number of halogens is 1. The first kappa shape index (κ1) is 24.7. The predicted molar refractivity (Wildman–Crippen MR) is 115 cm³/mol. The minimum Gasteiger partial charge on any atom is -0.326 e. The number of amides is 1. The van der Waals surface area contributed by atoms with Gasteiger partial charge in [0.15, 0.2) is 13.4 Å². The summed E-state index contributed by atoms with van der Waals surface area (Å²) in [5.74, 6) is 0.351. The second-order valence-corrected chi connectivity index (χ2v) is 8.62. The van der Waals surface area contributed by atoms with Gasteiger partial charge in [0.2, 0.25) is 5.91 Å². The Balaban J connectivity index is 0.00000364. The molecule has 0 radical (unpaired) electrons. The molecule has 1 amide bonds. The summed E-state index contributed by atoms with van der Waals surface area (Å²) in [6, 6.07) is 0. The summed E-state index contributed by atoms with van der Waals surface area (Å²) in [5.41, 5.74) is 0. The molecule has 2 rings (SSSR count). The molecule has 0 aromatic carbocycles. The third-order valence-electron chi connectivity index (χ3n) is 6.20. The molecule has 2 saturated heterocycles. The number of carbonyl (C=O) groups excluding carboxylic acids is 1. The molecule has 0 N–H and O–H groups in total. The van der Waals surface area contributed by atoms with Crippen molar-refractivity contribution in [2.75, 3.05) is 39.6 Å². The highest BCUT2D eigenvalue weighted by atomic mass is 35.5. The third-order valence-corrected chi connectivity index (χ3v) is 6.20. The van der Waals surface area contributed by atoms with Crippen molar-refractivity contribution < 1.29 is 14.0 Å². The summed E-state index contributed by atoms with van der Waals surface area (Å²) in [6.07, 6.45) is 18.5. The fraction of sp³-hybridized carbons (Fsp3) is 0.955. The van der Waals surface area contributed by atoms with Crippen molar-refractivity contribution in [3.05, 3.63) is 0 Å². The molecule has 0 aromatic rings. The Morgan fingerprint density at radius 1 is 0.926 bits per heavy atom. The van der Waals surface area contributed by atoms with E-state index in [1.807, 2.05) is 0 Å². The SMILES string of the molecule is CCCCCCCCCCCCCC[N+]1(CN2CCCC2=O)CCOC1.Cl. The van der Waals surface area contributed by atoms with E-state index < -0.39 is 0 Å². The van der Waals surface area contributed by atoms with Crippen molar-refractivity contribution >= 4 is 18.3 Å². The molecule has 2 fully saturated rings. The molecule has 1 atom stereocenters. The van der Waals surface area contributed by atoms with Crippen LogP contribution in [0, 0.1) is 0 Å². The monoisotopic (exact) mass is 403 g/mol. The number of nitrogens with zero attached hydrogens (tertiary/aromatic N) is 2. The molecule has 2 aliphatic heterocycles. The number of likely N-dealkylation sites (tertiary alicyclic amines) is 1. The molecule has 0 aromatic heterocycles. The molecule has 1 unspecified atom stereocenters. The van der Waals surface area contributed by atoms with Crippen molar-refractivity contribution in [1.82, 2.24) is 4.90 Å². The minimum absolute atomic E-state index is 0. The van der Waals surface area contributed by atoms with E-state index in [4.69, 9.17) is 4.74 Å². The zero-order valence-electron chi connectivity index (χ0n) is 17.8. The number of carbonyl (C=O) groups is 1. The number of rotatable bonds is 15. The van der Waals surface area contributed by atoms with Gasteiger partial charge in [-0.1, -0.05) is 71.1 Å². The van der Waals surface area contributed by atoms with Gasteiger partial charge in [0, 0.05) is 13.0 Å². The first-order valence-electron chi connectivity index (χ1n) is 11.5. The summed E-state index contributed by atoms with van der Waals surface area (Å²) >= 11 is 0. The van der Waals surface area contributed by atoms with E-state index in [1.54, 1.807) is 0 Å². The van der Waals surface area contributed by atoms with Crippen molar-refractivity contribution in [2.45, 2.75) is 96.8 Å². The van der Waals surface area contributed by atoms with Gasteiger partial charge in [0.05, 0.1) is 6.54 Å². The van der Waals surface area contributed by atoms with Crippen LogP contribution < -0.4 is 0 Å². The summed E-state index contributed by atoms with van der Waals surface area (Å²) in [5, 5.41) is 0. The smallest absolute Gasteiger partial charge is 0.226 e. The van der Waals surface area contributed by atoms with Crippen LogP contribution in [0.1, 0.15) is 96.8 Å². The van der Waals surface area contributed by atoms with Gasteiger partial charge in [-0.2, -0.15) is 0 Å². The van der Waals surface area contributed by atoms with Crippen LogP contribution in [0.2, 0.25) is 0 Å². The largest absolute Gasteiger partial charge is 0.326 e. The Bertz CT molecular complexity index is 387. The number of hydrogen-bond acceptors (Lipinski definition) is 2. The van der Waals surface area contributed by atoms with Gasteiger partial charge in [-0.25, -0.2) is 0 Å². The summed E-state index contributed by atoms with van der Waals surface area (Å²) in [6.45, 7) is 8.06. The van der Waals surface area contributed by atoms with Crippen LogP contribution in [-0.2, 0) is 9.53 Å². The molecule has 160 valence electrons. The first-order chi connectivity index (χ1) is 12.8. The van der Waals surface area contributed by atoms with Crippen LogP contribution >= 0.6 is 12.4 Å². The number of unbranched alkanes of at least 4 members (excludes halogenated alkanes) is 11. The lowest BCUT2D eigenvalue weighted by Crippen LogP contribution is -2.53. The van der Waals surface area contributed by atoms with E-state index in [2.05, 4.69) is 11.8 Å². The van der Waals surface area contributed by atoms with Crippen LogP contribution in [0.4, 0.5) is 0 Å². The van der Waals surface area contributed by atoms with Crippen LogP contribution in [0.3, 0.4) is 0 Å². The Labute approximate surface area is 174 Å². The van der Waals surface area contributed by atoms with E-state index in [0.717, 1.165) is 50.4 Å². The lowest BCUT2D eigenvalue weighted by molar-refractivity contribution is -0.933. The molecule has 27 heavy (non-hydrogen) atoms. The van der Waals surface area contributed by atoms with E-state index in [1.165, 1.54) is 83.6 Å². The lowest BCUT2D eigenvalue weighted by atomic mass is 10.1. The highest BCUT2D eigenvalue weighted by Gasteiger charge is 2.36. The summed E-state index contributed by atoms with van der Waals surface area (Å²) < 4.78 is 6.69. The Morgan fingerprint density at radius 3 is 2.00 bits per heavy atom. The molecule has 0 saturated carbocycles. The highest BCUT2D eigenvalue weighted by molar-refractivity contribution is 5.85. The van der Waals surface area contributed by atoms with Crippen LogP contribution in [0.5, 0.6) is 0 Å². The quantitative estimate of drug-likeness (QED) is 0.267. The number of hydrogen-bond donors (Lipinski definition) is 0. The molecule has 5 heteroatoms. The molecular formula is C22H44ClN2O2+. The molecular weight excluding hydrogens is 360 g/mol. The van der Waals surface area contributed by atoms with Gasteiger partial charge in [-0.15, -0.1) is 12.4 Å². The van der Waals surface area contributed by atoms with Gasteiger partial charge in [0.25, 0.3) is 0 Å². The normalized spacial score (nSPS) is 22.4. The summed E-state index contributed by atoms with van der Waals surface area (Å²) in [7, 11) is 0. The average molecular weight is 404 g/mol. The maximum Gasteiger partial charge on any atom is 0.226 e. The maximum atomic E-state index is 12.0. The molecule has 0 bridgehead atoms. The minimum atomic E-state index is 0. The fourth-order valence-electron chi connectivity index (χ4n) is 4.44. The highest BCUT2D eigenvalue weighted by Crippen LogP contribution is 2.21. The third kappa shape index (κ3) is 9.62. The van der Waals surface area contributed by atoms with Crippen LogP contribution in [0.25, 0.3) is 0 Å². The Hall–Kier alpha value is -0.320. The van der Waals surface area contributed by atoms with Crippen molar-refractivity contribution in [2.24, 2.45) is 0 Å². The van der Waals surface area contributed by atoms with Gasteiger partial charge in [-0.05, 0) is 19.3 Å². The Morgan fingerprint density at radius 2 is 1.52 bits per heavy atom. The van der Waals surface area contributed by atoms with Crippen molar-refractivity contribution in [3.8, 4) is 0 Å². The van der Waals surface area contributed by atoms with E-state index in [0.29, 0.717) is 5.91 Å². The molecule has 0 aliphatic carbocycles. The number of quaternary nitrogens is 1. The van der Waals surface area contributed by atoms with Crippen molar-refractivity contribution in [1.29, 1.82) is 0 Å². The standard InChI is InChI=1S/C22H43N2O2.ClH/c1-2-3-4-5-6-7-8-9-10-11-12-13-17-24(18-19-26-21-24)20-23-16-14-15-22(23)25;/h2-21H2,1H3;1H/q+1;. The van der Waals surface area contributed by atoms with Gasteiger partial charge < -0.3 is 4.74 Å². The first-order valence-corrected chi connectivity index (χ1v) is 11.5. The number of ether oxygens (including phenoxy) is 1. The van der Waals surface area contributed by atoms with Crippen LogP contribution in [0.15, 0.2) is 0 Å². The zero-order chi connectivity index (χ0) is 18.5.